The fraction of sp³-hybridized carbons (Fsp3) is 0.467. The molecule has 0 fully saturated rings. The maximum atomic E-state index is 11.9. The minimum absolute atomic E-state index is 0.0373. The zero-order chi connectivity index (χ0) is 15.6. The van der Waals surface area contributed by atoms with Crippen molar-refractivity contribution in [1.29, 1.82) is 5.26 Å². The van der Waals surface area contributed by atoms with E-state index in [1.54, 1.807) is 7.05 Å². The number of amides is 1. The Morgan fingerprint density at radius 3 is 2.81 bits per heavy atom. The maximum Gasteiger partial charge on any atom is 0.246 e. The molecule has 0 saturated carbocycles. The fourth-order valence-electron chi connectivity index (χ4n) is 2.60. The van der Waals surface area contributed by atoms with E-state index >= 15 is 0 Å². The molecule has 1 aromatic carbocycles. The zero-order valence-corrected chi connectivity index (χ0v) is 14.0. The van der Waals surface area contributed by atoms with E-state index in [-0.39, 0.29) is 18.0 Å². The predicted octanol–water partition coefficient (Wildman–Crippen LogP) is 2.79. The van der Waals surface area contributed by atoms with E-state index in [9.17, 15) is 4.79 Å². The molecule has 5 nitrogen and oxygen atoms in total. The van der Waals surface area contributed by atoms with Crippen LogP contribution >= 0.6 is 15.9 Å². The van der Waals surface area contributed by atoms with Gasteiger partial charge in [0.05, 0.1) is 18.2 Å². The Morgan fingerprint density at radius 2 is 2.24 bits per heavy atom. The minimum Gasteiger partial charge on any atom is -0.367 e. The van der Waals surface area contributed by atoms with Crippen LogP contribution in [-0.4, -0.2) is 25.5 Å². The van der Waals surface area contributed by atoms with Gasteiger partial charge in [-0.15, -0.1) is 0 Å². The number of halogens is 1. The highest BCUT2D eigenvalue weighted by atomic mass is 79.9. The third-order valence-electron chi connectivity index (χ3n) is 3.64. The number of carbonyl (C=O) groups is 1. The minimum atomic E-state index is -0.308. The standard InChI is InChI=1S/C15H19BrN4O/c1-9(2)20(6-4-5-17)13-8-12-10(7-11(13)16)14(18-3)15(21)19-12/h7-9,14,18H,4,6H2,1-3H3,(H,19,21). The normalized spacial score (nSPS) is 16.6. The van der Waals surface area contributed by atoms with Crippen molar-refractivity contribution in [2.24, 2.45) is 0 Å². The summed E-state index contributed by atoms with van der Waals surface area (Å²) < 4.78 is 0.935. The number of rotatable bonds is 5. The summed E-state index contributed by atoms with van der Waals surface area (Å²) in [6, 6.07) is 6.10. The summed E-state index contributed by atoms with van der Waals surface area (Å²) in [6.45, 7) is 4.84. The topological polar surface area (TPSA) is 68.2 Å². The highest BCUT2D eigenvalue weighted by Gasteiger charge is 2.31. The lowest BCUT2D eigenvalue weighted by Gasteiger charge is -2.29. The summed E-state index contributed by atoms with van der Waals surface area (Å²) in [5, 5.41) is 14.7. The number of hydrogen-bond donors (Lipinski definition) is 2. The number of carbonyl (C=O) groups excluding carboxylic acids is 1. The van der Waals surface area contributed by atoms with Gasteiger partial charge in [0, 0.05) is 28.3 Å². The molecule has 0 spiro atoms. The predicted molar refractivity (Wildman–Crippen MR) is 87.3 cm³/mol. The molecule has 0 radical (unpaired) electrons. The molecule has 2 N–H and O–H groups in total. The van der Waals surface area contributed by atoms with Crippen LogP contribution in [-0.2, 0) is 4.79 Å². The number of nitriles is 1. The monoisotopic (exact) mass is 350 g/mol. The van der Waals surface area contributed by atoms with E-state index in [1.165, 1.54) is 0 Å². The van der Waals surface area contributed by atoms with Gasteiger partial charge in [0.2, 0.25) is 5.91 Å². The van der Waals surface area contributed by atoms with Crippen LogP contribution in [0.25, 0.3) is 0 Å². The second-order valence-corrected chi connectivity index (χ2v) is 6.15. The van der Waals surface area contributed by atoms with E-state index in [0.29, 0.717) is 13.0 Å². The van der Waals surface area contributed by atoms with Crippen molar-refractivity contribution in [3.63, 3.8) is 0 Å². The number of hydrogen-bond acceptors (Lipinski definition) is 4. The molecule has 112 valence electrons. The summed E-state index contributed by atoms with van der Waals surface area (Å²) in [7, 11) is 1.77. The van der Waals surface area contributed by atoms with Crippen LogP contribution in [0.5, 0.6) is 0 Å². The van der Waals surface area contributed by atoms with Crippen LogP contribution in [0.3, 0.4) is 0 Å². The van der Waals surface area contributed by atoms with Crippen molar-refractivity contribution in [3.8, 4) is 6.07 Å². The molecular weight excluding hydrogens is 332 g/mol. The Kier molecular flexibility index (Phi) is 4.86. The molecule has 0 aromatic heterocycles. The first-order valence-electron chi connectivity index (χ1n) is 6.94. The van der Waals surface area contributed by atoms with Crippen molar-refractivity contribution < 1.29 is 4.79 Å². The Bertz CT molecular complexity index is 594. The van der Waals surface area contributed by atoms with Gasteiger partial charge in [0.15, 0.2) is 0 Å². The van der Waals surface area contributed by atoms with Gasteiger partial charge in [-0.05, 0) is 49.0 Å². The lowest BCUT2D eigenvalue weighted by molar-refractivity contribution is -0.117. The zero-order valence-electron chi connectivity index (χ0n) is 12.4. The number of benzene rings is 1. The number of nitrogens with zero attached hydrogens (tertiary/aromatic N) is 2. The fourth-order valence-corrected chi connectivity index (χ4v) is 3.19. The van der Waals surface area contributed by atoms with Gasteiger partial charge >= 0.3 is 0 Å². The molecule has 1 amide bonds. The SMILES string of the molecule is CNC1C(=O)Nc2cc(N(CCC#N)C(C)C)c(Br)cc21. The van der Waals surface area contributed by atoms with Gasteiger partial charge in [-0.1, -0.05) is 0 Å². The summed E-state index contributed by atoms with van der Waals surface area (Å²) in [5.74, 6) is -0.0373. The Labute approximate surface area is 133 Å². The summed E-state index contributed by atoms with van der Waals surface area (Å²) in [4.78, 5) is 14.1. The molecule has 1 unspecified atom stereocenters. The van der Waals surface area contributed by atoms with Gasteiger partial charge < -0.3 is 15.5 Å². The van der Waals surface area contributed by atoms with Crippen molar-refractivity contribution >= 4 is 33.2 Å². The van der Waals surface area contributed by atoms with Crippen molar-refractivity contribution in [1.82, 2.24) is 5.32 Å². The first-order chi connectivity index (χ1) is 9.99. The molecular formula is C15H19BrN4O. The first-order valence-corrected chi connectivity index (χ1v) is 7.74. The molecule has 1 aliphatic heterocycles. The van der Waals surface area contributed by atoms with Crippen molar-refractivity contribution in [3.05, 3.63) is 22.2 Å². The number of likely N-dealkylation sites (N-methyl/N-ethyl adjacent to an activating group) is 1. The van der Waals surface area contributed by atoms with E-state index < -0.39 is 0 Å². The molecule has 2 rings (SSSR count). The molecule has 6 heteroatoms. The second kappa shape index (κ2) is 6.46. The lowest BCUT2D eigenvalue weighted by Crippen LogP contribution is -2.32. The number of nitrogens with one attached hydrogen (secondary N) is 2. The van der Waals surface area contributed by atoms with Crippen LogP contribution in [0.1, 0.15) is 31.9 Å². The average Bonchev–Trinajstić information content (AvgIpc) is 2.73. The molecule has 0 aliphatic carbocycles. The smallest absolute Gasteiger partial charge is 0.246 e. The van der Waals surface area contributed by atoms with Crippen LogP contribution in [0.15, 0.2) is 16.6 Å². The quantitative estimate of drug-likeness (QED) is 0.856. The van der Waals surface area contributed by atoms with Gasteiger partial charge in [-0.3, -0.25) is 4.79 Å². The van der Waals surface area contributed by atoms with Gasteiger partial charge in [0.25, 0.3) is 0 Å². The highest BCUT2D eigenvalue weighted by Crippen LogP contribution is 2.39. The highest BCUT2D eigenvalue weighted by molar-refractivity contribution is 9.10. The van der Waals surface area contributed by atoms with Crippen LogP contribution in [0.2, 0.25) is 0 Å². The third kappa shape index (κ3) is 3.04. The van der Waals surface area contributed by atoms with Gasteiger partial charge in [-0.25, -0.2) is 0 Å². The van der Waals surface area contributed by atoms with Gasteiger partial charge in [0.1, 0.15) is 6.04 Å². The summed E-state index contributed by atoms with van der Waals surface area (Å²) in [6.07, 6.45) is 0.465. The largest absolute Gasteiger partial charge is 0.367 e. The molecule has 0 bridgehead atoms. The Hall–Kier alpha value is -1.58. The molecule has 1 aliphatic rings. The Morgan fingerprint density at radius 1 is 1.52 bits per heavy atom. The van der Waals surface area contributed by atoms with Crippen molar-refractivity contribution in [2.75, 3.05) is 23.8 Å². The second-order valence-electron chi connectivity index (χ2n) is 5.30. The van der Waals surface area contributed by atoms with E-state index in [2.05, 4.69) is 51.4 Å². The average molecular weight is 351 g/mol. The summed E-state index contributed by atoms with van der Waals surface area (Å²) in [5.41, 5.74) is 2.78. The molecule has 0 saturated heterocycles. The lowest BCUT2D eigenvalue weighted by atomic mass is 10.1. The number of fused-ring (bicyclic) bond motifs is 1. The maximum absolute atomic E-state index is 11.9. The van der Waals surface area contributed by atoms with Crippen LogP contribution < -0.4 is 15.5 Å². The Balaban J connectivity index is 2.41. The molecule has 1 atom stereocenters. The van der Waals surface area contributed by atoms with Crippen molar-refractivity contribution in [2.45, 2.75) is 32.4 Å². The van der Waals surface area contributed by atoms with E-state index in [1.807, 2.05) is 12.1 Å². The van der Waals surface area contributed by atoms with Crippen LogP contribution in [0, 0.1) is 11.3 Å². The molecule has 21 heavy (non-hydrogen) atoms. The van der Waals surface area contributed by atoms with Crippen LogP contribution in [0.4, 0.5) is 11.4 Å². The van der Waals surface area contributed by atoms with Gasteiger partial charge in [-0.2, -0.15) is 5.26 Å². The first kappa shape index (κ1) is 15.8. The molecule has 1 aromatic rings. The van der Waals surface area contributed by atoms with E-state index in [0.717, 1.165) is 21.4 Å². The number of anilines is 2. The molecule has 1 heterocycles. The van der Waals surface area contributed by atoms with E-state index in [4.69, 9.17) is 5.26 Å². The third-order valence-corrected chi connectivity index (χ3v) is 4.27. The summed E-state index contributed by atoms with van der Waals surface area (Å²) >= 11 is 3.60.